The van der Waals surface area contributed by atoms with Gasteiger partial charge in [-0.3, -0.25) is 0 Å². The van der Waals surface area contributed by atoms with E-state index in [4.69, 9.17) is 37.9 Å². The highest BCUT2D eigenvalue weighted by atomic mass is 16.6. The number of unbranched alkanes of at least 4 members (excludes halogenated alkanes) is 9. The van der Waals surface area contributed by atoms with Crippen molar-refractivity contribution in [1.29, 1.82) is 0 Å². The molecule has 0 amide bonds. The lowest BCUT2D eigenvalue weighted by Gasteiger charge is -2.09. The molecule has 0 rings (SSSR count). The zero-order valence-electron chi connectivity index (χ0n) is 24.5. The molecule has 0 saturated carbocycles. The van der Waals surface area contributed by atoms with Crippen LogP contribution in [0.15, 0.2) is 0 Å². The molecular weight excluding hydrogens is 476 g/mol. The first-order valence-corrected chi connectivity index (χ1v) is 14.9. The second kappa shape index (κ2) is 33.7. The number of hydrogen-bond acceptors (Lipinski definition) is 8. The minimum atomic E-state index is 0.243. The van der Waals surface area contributed by atoms with Gasteiger partial charge >= 0.3 is 0 Å². The van der Waals surface area contributed by atoms with Gasteiger partial charge in [0.15, 0.2) is 0 Å². The van der Waals surface area contributed by atoms with E-state index in [9.17, 15) is 0 Å². The Morgan fingerprint density at radius 2 is 0.595 bits per heavy atom. The van der Waals surface area contributed by atoms with Crippen molar-refractivity contribution in [3.63, 3.8) is 0 Å². The van der Waals surface area contributed by atoms with Gasteiger partial charge in [0.1, 0.15) is 0 Å². The lowest BCUT2D eigenvalue weighted by molar-refractivity contribution is -0.0256. The van der Waals surface area contributed by atoms with Gasteiger partial charge in [-0.1, -0.05) is 64.7 Å². The molecule has 8 nitrogen and oxygen atoms in total. The topological polar surface area (TPSA) is 73.8 Å². The van der Waals surface area contributed by atoms with Gasteiger partial charge in [0.05, 0.1) is 98.6 Å². The van der Waals surface area contributed by atoms with Crippen molar-refractivity contribution >= 4 is 0 Å². The SMILES string of the molecule is CCCCCCCCCCCCOCCOCCOCCOCCOCCOCCOCCOC(C)C. The standard InChI is InChI=1S/C29H60O8/c1-4-5-6-7-8-9-10-11-12-13-14-30-15-16-31-17-18-32-19-20-33-21-22-34-23-24-35-25-26-36-27-28-37-29(2)3/h29H,4-28H2,1-3H3. The third kappa shape index (κ3) is 35.7. The van der Waals surface area contributed by atoms with Crippen molar-refractivity contribution in [2.45, 2.75) is 91.1 Å². The summed E-state index contributed by atoms with van der Waals surface area (Å²) in [6.45, 7) is 15.3. The molecule has 0 aliphatic rings. The van der Waals surface area contributed by atoms with Crippen molar-refractivity contribution in [3.8, 4) is 0 Å². The molecule has 0 saturated heterocycles. The minimum Gasteiger partial charge on any atom is -0.379 e. The van der Waals surface area contributed by atoms with Crippen molar-refractivity contribution < 1.29 is 37.9 Å². The predicted molar refractivity (Wildman–Crippen MR) is 149 cm³/mol. The molecule has 8 heteroatoms. The summed E-state index contributed by atoms with van der Waals surface area (Å²) in [5.41, 5.74) is 0. The molecule has 0 spiro atoms. The van der Waals surface area contributed by atoms with Crippen LogP contribution in [0.2, 0.25) is 0 Å². The van der Waals surface area contributed by atoms with E-state index in [0.717, 1.165) is 13.0 Å². The molecule has 0 aliphatic carbocycles. The minimum absolute atomic E-state index is 0.243. The molecule has 0 bridgehead atoms. The van der Waals surface area contributed by atoms with E-state index in [1.165, 1.54) is 57.8 Å². The lowest BCUT2D eigenvalue weighted by atomic mass is 10.1. The van der Waals surface area contributed by atoms with E-state index in [-0.39, 0.29) is 6.10 Å². The molecule has 0 radical (unpaired) electrons. The van der Waals surface area contributed by atoms with Gasteiger partial charge in [-0.15, -0.1) is 0 Å². The normalized spacial score (nSPS) is 11.7. The van der Waals surface area contributed by atoms with Crippen molar-refractivity contribution in [2.24, 2.45) is 0 Å². The Hall–Kier alpha value is -0.320. The maximum Gasteiger partial charge on any atom is 0.0703 e. The molecule has 0 fully saturated rings. The smallest absolute Gasteiger partial charge is 0.0703 e. The van der Waals surface area contributed by atoms with Crippen LogP contribution in [0.25, 0.3) is 0 Å². The van der Waals surface area contributed by atoms with E-state index in [2.05, 4.69) is 6.92 Å². The van der Waals surface area contributed by atoms with E-state index >= 15 is 0 Å². The summed E-state index contributed by atoms with van der Waals surface area (Å²) < 4.78 is 43.9. The quantitative estimate of drug-likeness (QED) is 0.103. The molecule has 0 aromatic heterocycles. The van der Waals surface area contributed by atoms with Crippen molar-refractivity contribution in [1.82, 2.24) is 0 Å². The van der Waals surface area contributed by atoms with Gasteiger partial charge < -0.3 is 37.9 Å². The van der Waals surface area contributed by atoms with Gasteiger partial charge in [0.25, 0.3) is 0 Å². The van der Waals surface area contributed by atoms with Crippen molar-refractivity contribution in [2.75, 3.05) is 99.1 Å². The fourth-order valence-electron chi connectivity index (χ4n) is 3.46. The Morgan fingerprint density at radius 1 is 0.324 bits per heavy atom. The van der Waals surface area contributed by atoms with Crippen LogP contribution < -0.4 is 0 Å². The van der Waals surface area contributed by atoms with Crippen LogP contribution in [0.1, 0.15) is 85.0 Å². The molecule has 0 N–H and O–H groups in total. The Kier molecular flexibility index (Phi) is 33.4. The number of rotatable bonds is 33. The molecule has 37 heavy (non-hydrogen) atoms. The second-order valence-corrected chi connectivity index (χ2v) is 9.39. The van der Waals surface area contributed by atoms with E-state index < -0.39 is 0 Å². The highest BCUT2D eigenvalue weighted by Crippen LogP contribution is 2.10. The molecule has 224 valence electrons. The first kappa shape index (κ1) is 36.7. The molecule has 0 aromatic carbocycles. The number of ether oxygens (including phenoxy) is 8. The van der Waals surface area contributed by atoms with E-state index in [1.807, 2.05) is 13.8 Å². The van der Waals surface area contributed by atoms with Gasteiger partial charge in [0.2, 0.25) is 0 Å². The zero-order valence-corrected chi connectivity index (χ0v) is 24.5. The monoisotopic (exact) mass is 536 g/mol. The van der Waals surface area contributed by atoms with Crippen LogP contribution in [0, 0.1) is 0 Å². The van der Waals surface area contributed by atoms with Crippen LogP contribution in [0.5, 0.6) is 0 Å². The highest BCUT2D eigenvalue weighted by molar-refractivity contribution is 4.47. The first-order valence-electron chi connectivity index (χ1n) is 14.9. The van der Waals surface area contributed by atoms with Crippen LogP contribution in [-0.4, -0.2) is 105 Å². The summed E-state index contributed by atoms with van der Waals surface area (Å²) in [6.07, 6.45) is 13.7. The maximum atomic E-state index is 5.63. The zero-order chi connectivity index (χ0) is 26.9. The Morgan fingerprint density at radius 3 is 0.919 bits per heavy atom. The van der Waals surface area contributed by atoms with Gasteiger partial charge in [-0.2, -0.15) is 0 Å². The van der Waals surface area contributed by atoms with Crippen LogP contribution in [0.3, 0.4) is 0 Å². The summed E-state index contributed by atoms with van der Waals surface area (Å²) in [4.78, 5) is 0. The van der Waals surface area contributed by atoms with Gasteiger partial charge in [0, 0.05) is 6.61 Å². The van der Waals surface area contributed by atoms with Crippen LogP contribution >= 0.6 is 0 Å². The third-order valence-electron chi connectivity index (χ3n) is 5.55. The Labute approximate surface area is 228 Å². The van der Waals surface area contributed by atoms with E-state index in [1.54, 1.807) is 0 Å². The molecule has 0 unspecified atom stereocenters. The summed E-state index contributed by atoms with van der Waals surface area (Å²) in [6, 6.07) is 0. The number of hydrogen-bond donors (Lipinski definition) is 0. The summed E-state index contributed by atoms with van der Waals surface area (Å²) >= 11 is 0. The third-order valence-corrected chi connectivity index (χ3v) is 5.55. The largest absolute Gasteiger partial charge is 0.379 e. The Balaban J connectivity index is 3.01. The van der Waals surface area contributed by atoms with Gasteiger partial charge in [-0.25, -0.2) is 0 Å². The highest BCUT2D eigenvalue weighted by Gasteiger charge is 1.97. The molecular formula is C29H60O8. The fourth-order valence-corrected chi connectivity index (χ4v) is 3.46. The molecule has 0 atom stereocenters. The van der Waals surface area contributed by atoms with Gasteiger partial charge in [-0.05, 0) is 20.3 Å². The lowest BCUT2D eigenvalue weighted by Crippen LogP contribution is -2.15. The van der Waals surface area contributed by atoms with Crippen LogP contribution in [0.4, 0.5) is 0 Å². The molecule has 0 aliphatic heterocycles. The molecule has 0 heterocycles. The van der Waals surface area contributed by atoms with Crippen LogP contribution in [-0.2, 0) is 37.9 Å². The molecule has 0 aromatic rings. The first-order chi connectivity index (χ1) is 18.3. The second-order valence-electron chi connectivity index (χ2n) is 9.39. The summed E-state index contributed by atoms with van der Waals surface area (Å²) in [5, 5.41) is 0. The van der Waals surface area contributed by atoms with Crippen molar-refractivity contribution in [3.05, 3.63) is 0 Å². The maximum absolute atomic E-state index is 5.63. The fraction of sp³-hybridized carbons (Fsp3) is 1.00. The summed E-state index contributed by atoms with van der Waals surface area (Å²) in [7, 11) is 0. The Bertz CT molecular complexity index is 398. The predicted octanol–water partition coefficient (Wildman–Crippen LogP) is 5.45. The average molecular weight is 537 g/mol. The van der Waals surface area contributed by atoms with E-state index in [0.29, 0.717) is 92.5 Å². The summed E-state index contributed by atoms with van der Waals surface area (Å²) in [5.74, 6) is 0. The average Bonchev–Trinajstić information content (AvgIpc) is 2.89.